The molecule has 10 nitrogen and oxygen atoms in total. The number of non-ortho nitro benzene ring substituents is 1. The van der Waals surface area contributed by atoms with Gasteiger partial charge >= 0.3 is 0 Å². The molecule has 0 radical (unpaired) electrons. The van der Waals surface area contributed by atoms with Crippen molar-refractivity contribution in [1.82, 2.24) is 5.32 Å². The highest BCUT2D eigenvalue weighted by Crippen LogP contribution is 2.32. The zero-order valence-corrected chi connectivity index (χ0v) is 13.5. The first-order valence-corrected chi connectivity index (χ1v) is 7.21. The third-order valence-electron chi connectivity index (χ3n) is 3.25. The summed E-state index contributed by atoms with van der Waals surface area (Å²) in [5.41, 5.74) is -1.66. The number of rotatable bonds is 5. The summed E-state index contributed by atoms with van der Waals surface area (Å²) < 4.78 is 10.8. The zero-order valence-electron chi connectivity index (χ0n) is 12.8. The van der Waals surface area contributed by atoms with E-state index in [1.54, 1.807) is 13.8 Å². The standard InChI is InChI=1S/C13H14ClN3O7/c1-13(2)23-6-8(24-13)5-15-12(18)9-3-7(16(19)20)4-10(11(9)14)17(21)22/h3-4,8H,5-6H2,1-2H3,(H,15,18). The quantitative estimate of drug-likeness (QED) is 0.627. The Bertz CT molecular complexity index is 707. The summed E-state index contributed by atoms with van der Waals surface area (Å²) in [7, 11) is 0. The van der Waals surface area contributed by atoms with Crippen LogP contribution in [0.3, 0.4) is 0 Å². The van der Waals surface area contributed by atoms with Crippen molar-refractivity contribution in [1.29, 1.82) is 0 Å². The molecule has 1 aliphatic rings. The van der Waals surface area contributed by atoms with Crippen LogP contribution in [0.2, 0.25) is 5.02 Å². The molecular formula is C13H14ClN3O7. The summed E-state index contributed by atoms with van der Waals surface area (Å²) in [5, 5.41) is 23.8. The molecule has 1 atom stereocenters. The van der Waals surface area contributed by atoms with Gasteiger partial charge in [-0.2, -0.15) is 0 Å². The second kappa shape index (κ2) is 6.67. The average molecular weight is 360 g/mol. The Morgan fingerprint density at radius 3 is 2.54 bits per heavy atom. The molecule has 2 rings (SSSR count). The first-order valence-electron chi connectivity index (χ1n) is 6.83. The molecule has 1 unspecified atom stereocenters. The van der Waals surface area contributed by atoms with Crippen LogP contribution in [0, 0.1) is 20.2 Å². The molecular weight excluding hydrogens is 346 g/mol. The predicted octanol–water partition coefficient (Wildman–Crippen LogP) is 2.04. The van der Waals surface area contributed by atoms with Crippen molar-refractivity contribution in [2.24, 2.45) is 0 Å². The smallest absolute Gasteiger partial charge is 0.295 e. The molecule has 0 bridgehead atoms. The van der Waals surface area contributed by atoms with E-state index in [1.165, 1.54) is 0 Å². The van der Waals surface area contributed by atoms with Gasteiger partial charge in [-0.15, -0.1) is 0 Å². The lowest BCUT2D eigenvalue weighted by Crippen LogP contribution is -2.34. The number of hydrogen-bond donors (Lipinski definition) is 1. The topological polar surface area (TPSA) is 134 Å². The second-order valence-electron chi connectivity index (χ2n) is 5.50. The number of ether oxygens (including phenoxy) is 2. The van der Waals surface area contributed by atoms with Gasteiger partial charge in [0.15, 0.2) is 5.79 Å². The summed E-state index contributed by atoms with van der Waals surface area (Å²) in [6.45, 7) is 3.76. The van der Waals surface area contributed by atoms with E-state index in [2.05, 4.69) is 5.32 Å². The minimum absolute atomic E-state index is 0.0646. The number of nitro benzene ring substituents is 2. The van der Waals surface area contributed by atoms with Crippen LogP contribution in [-0.4, -0.2) is 40.8 Å². The van der Waals surface area contributed by atoms with Gasteiger partial charge in [-0.05, 0) is 13.8 Å². The molecule has 1 fully saturated rings. The molecule has 0 aliphatic carbocycles. The van der Waals surface area contributed by atoms with E-state index in [1.807, 2.05) is 0 Å². The number of halogens is 1. The van der Waals surface area contributed by atoms with Gasteiger partial charge in [-0.1, -0.05) is 11.6 Å². The predicted molar refractivity (Wildman–Crippen MR) is 82.0 cm³/mol. The van der Waals surface area contributed by atoms with Gasteiger partial charge in [0.05, 0.1) is 28.1 Å². The first kappa shape index (κ1) is 18.0. The molecule has 1 aromatic rings. The Hall–Kier alpha value is -2.30. The number of nitro groups is 2. The van der Waals surface area contributed by atoms with Gasteiger partial charge in [-0.3, -0.25) is 25.0 Å². The maximum Gasteiger partial charge on any atom is 0.295 e. The maximum absolute atomic E-state index is 12.2. The van der Waals surface area contributed by atoms with Crippen LogP contribution < -0.4 is 5.32 Å². The summed E-state index contributed by atoms with van der Waals surface area (Å²) in [6.07, 6.45) is -0.406. The minimum atomic E-state index is -0.886. The molecule has 1 aromatic carbocycles. The van der Waals surface area contributed by atoms with E-state index < -0.39 is 44.0 Å². The highest BCUT2D eigenvalue weighted by molar-refractivity contribution is 6.36. The number of carbonyl (C=O) groups is 1. The molecule has 0 spiro atoms. The third-order valence-corrected chi connectivity index (χ3v) is 3.65. The van der Waals surface area contributed by atoms with E-state index in [0.29, 0.717) is 6.07 Å². The van der Waals surface area contributed by atoms with Crippen molar-refractivity contribution in [3.05, 3.63) is 42.9 Å². The van der Waals surface area contributed by atoms with Crippen LogP contribution in [0.4, 0.5) is 11.4 Å². The van der Waals surface area contributed by atoms with Crippen LogP contribution in [0.5, 0.6) is 0 Å². The molecule has 1 N–H and O–H groups in total. The van der Waals surface area contributed by atoms with Crippen molar-refractivity contribution < 1.29 is 24.1 Å². The van der Waals surface area contributed by atoms with Gasteiger partial charge in [0.25, 0.3) is 17.3 Å². The highest BCUT2D eigenvalue weighted by atomic mass is 35.5. The summed E-state index contributed by atoms with van der Waals surface area (Å²) in [5.74, 6) is -1.54. The Balaban J connectivity index is 2.19. The van der Waals surface area contributed by atoms with Gasteiger partial charge in [0.1, 0.15) is 11.1 Å². The molecule has 0 saturated carbocycles. The molecule has 1 aliphatic heterocycles. The van der Waals surface area contributed by atoms with E-state index in [0.717, 1.165) is 6.07 Å². The highest BCUT2D eigenvalue weighted by Gasteiger charge is 2.33. The molecule has 11 heteroatoms. The number of benzene rings is 1. The summed E-state index contributed by atoms with van der Waals surface area (Å²) >= 11 is 5.83. The Morgan fingerprint density at radius 2 is 2.04 bits per heavy atom. The number of nitrogens with zero attached hydrogens (tertiary/aromatic N) is 2. The fourth-order valence-corrected chi connectivity index (χ4v) is 2.43. The Labute approximate surface area is 141 Å². The van der Waals surface area contributed by atoms with E-state index in [9.17, 15) is 25.0 Å². The number of hydrogen-bond acceptors (Lipinski definition) is 7. The van der Waals surface area contributed by atoms with Crippen LogP contribution in [-0.2, 0) is 9.47 Å². The van der Waals surface area contributed by atoms with Crippen LogP contribution in [0.1, 0.15) is 24.2 Å². The van der Waals surface area contributed by atoms with Crippen LogP contribution in [0.25, 0.3) is 0 Å². The van der Waals surface area contributed by atoms with E-state index in [4.69, 9.17) is 21.1 Å². The fraction of sp³-hybridized carbons (Fsp3) is 0.462. The maximum atomic E-state index is 12.2. The SMILES string of the molecule is CC1(C)OCC(CNC(=O)c2cc([N+](=O)[O-])cc([N+](=O)[O-])c2Cl)O1. The third kappa shape index (κ3) is 3.96. The fourth-order valence-electron chi connectivity index (χ4n) is 2.16. The molecule has 24 heavy (non-hydrogen) atoms. The lowest BCUT2D eigenvalue weighted by Gasteiger charge is -2.17. The molecule has 130 valence electrons. The lowest BCUT2D eigenvalue weighted by atomic mass is 10.1. The van der Waals surface area contributed by atoms with Crippen molar-refractivity contribution in [2.45, 2.75) is 25.7 Å². The van der Waals surface area contributed by atoms with Crippen molar-refractivity contribution >= 4 is 28.9 Å². The Morgan fingerprint density at radius 1 is 1.38 bits per heavy atom. The number of amides is 1. The van der Waals surface area contributed by atoms with Gasteiger partial charge in [0, 0.05) is 12.6 Å². The van der Waals surface area contributed by atoms with E-state index in [-0.39, 0.29) is 18.7 Å². The van der Waals surface area contributed by atoms with Crippen molar-refractivity contribution in [3.63, 3.8) is 0 Å². The molecule has 1 heterocycles. The summed E-state index contributed by atoms with van der Waals surface area (Å²) in [4.78, 5) is 32.3. The summed E-state index contributed by atoms with van der Waals surface area (Å²) in [6, 6.07) is 1.59. The number of nitrogens with one attached hydrogen (secondary N) is 1. The minimum Gasteiger partial charge on any atom is -0.349 e. The lowest BCUT2D eigenvalue weighted by molar-refractivity contribution is -0.394. The molecule has 1 amide bonds. The van der Waals surface area contributed by atoms with Crippen molar-refractivity contribution in [2.75, 3.05) is 13.2 Å². The first-order chi connectivity index (χ1) is 11.1. The largest absolute Gasteiger partial charge is 0.349 e. The molecule has 0 aromatic heterocycles. The van der Waals surface area contributed by atoms with Gasteiger partial charge < -0.3 is 14.8 Å². The monoisotopic (exact) mass is 359 g/mol. The van der Waals surface area contributed by atoms with Gasteiger partial charge in [0.2, 0.25) is 0 Å². The van der Waals surface area contributed by atoms with Crippen LogP contribution in [0.15, 0.2) is 12.1 Å². The number of carbonyl (C=O) groups excluding carboxylic acids is 1. The second-order valence-corrected chi connectivity index (χ2v) is 5.88. The normalized spacial score (nSPS) is 19.0. The molecule has 1 saturated heterocycles. The van der Waals surface area contributed by atoms with Crippen LogP contribution >= 0.6 is 11.6 Å². The zero-order chi connectivity index (χ0) is 18.1. The Kier molecular flexibility index (Phi) is 5.02. The van der Waals surface area contributed by atoms with E-state index >= 15 is 0 Å². The van der Waals surface area contributed by atoms with Crippen molar-refractivity contribution in [3.8, 4) is 0 Å². The van der Waals surface area contributed by atoms with Gasteiger partial charge in [-0.25, -0.2) is 0 Å². The average Bonchev–Trinajstić information content (AvgIpc) is 2.83.